The lowest BCUT2D eigenvalue weighted by molar-refractivity contribution is 0.379. The molecular formula is C19H14FN3O2S. The quantitative estimate of drug-likeness (QED) is 0.441. The van der Waals surface area contributed by atoms with Gasteiger partial charge in [-0.15, -0.1) is 0 Å². The first-order chi connectivity index (χ1) is 12.7. The van der Waals surface area contributed by atoms with Gasteiger partial charge in [0.2, 0.25) is 11.7 Å². The highest BCUT2D eigenvalue weighted by Crippen LogP contribution is 2.35. The van der Waals surface area contributed by atoms with Crippen LogP contribution in [0.1, 0.15) is 18.1 Å². The molecule has 0 radical (unpaired) electrons. The number of benzene rings is 2. The van der Waals surface area contributed by atoms with Crippen LogP contribution in [0.3, 0.4) is 0 Å². The summed E-state index contributed by atoms with van der Waals surface area (Å²) in [6, 6.07) is 15.7. The first kappa shape index (κ1) is 16.5. The van der Waals surface area contributed by atoms with Crippen LogP contribution in [-0.4, -0.2) is 15.1 Å². The van der Waals surface area contributed by atoms with Crippen LogP contribution in [0.4, 0.5) is 4.39 Å². The topological polar surface area (TPSA) is 65.0 Å². The van der Waals surface area contributed by atoms with Crippen LogP contribution in [0, 0.1) is 5.82 Å². The molecule has 0 spiro atoms. The summed E-state index contributed by atoms with van der Waals surface area (Å²) in [5.41, 5.74) is 1.66. The third kappa shape index (κ3) is 3.52. The van der Waals surface area contributed by atoms with Gasteiger partial charge in [0.05, 0.1) is 11.4 Å². The number of aromatic nitrogens is 3. The first-order valence-electron chi connectivity index (χ1n) is 7.96. The highest BCUT2D eigenvalue weighted by Gasteiger charge is 2.19. The minimum Gasteiger partial charge on any atom is -0.431 e. The molecule has 0 saturated heterocycles. The Hall–Kier alpha value is -2.93. The van der Waals surface area contributed by atoms with E-state index in [1.54, 1.807) is 18.3 Å². The average Bonchev–Trinajstić information content (AvgIpc) is 3.33. The zero-order chi connectivity index (χ0) is 17.9. The Balaban J connectivity index is 1.48. The Morgan fingerprint density at radius 1 is 1.00 bits per heavy atom. The van der Waals surface area contributed by atoms with Gasteiger partial charge in [-0.25, -0.2) is 9.37 Å². The van der Waals surface area contributed by atoms with E-state index in [-0.39, 0.29) is 11.1 Å². The number of halogens is 1. The molecule has 4 rings (SSSR count). The number of rotatable bonds is 5. The van der Waals surface area contributed by atoms with E-state index in [9.17, 15) is 4.39 Å². The van der Waals surface area contributed by atoms with Gasteiger partial charge in [0.25, 0.3) is 5.22 Å². The van der Waals surface area contributed by atoms with Crippen molar-refractivity contribution in [1.82, 2.24) is 15.1 Å². The molecule has 0 N–H and O–H groups in total. The smallest absolute Gasteiger partial charge is 0.256 e. The SMILES string of the molecule is CC(Sc1ncc(-c2ccc(F)cc2)o1)c1nc(-c2ccccc2)no1. The molecule has 2 aromatic heterocycles. The predicted molar refractivity (Wildman–Crippen MR) is 95.9 cm³/mol. The van der Waals surface area contributed by atoms with Crippen molar-refractivity contribution in [2.75, 3.05) is 0 Å². The van der Waals surface area contributed by atoms with Crippen LogP contribution in [0.2, 0.25) is 0 Å². The summed E-state index contributed by atoms with van der Waals surface area (Å²) >= 11 is 1.38. The predicted octanol–water partition coefficient (Wildman–Crippen LogP) is 5.38. The number of oxazole rings is 1. The summed E-state index contributed by atoms with van der Waals surface area (Å²) in [7, 11) is 0. The molecule has 0 aliphatic carbocycles. The lowest BCUT2D eigenvalue weighted by atomic mass is 10.2. The van der Waals surface area contributed by atoms with Crippen molar-refractivity contribution >= 4 is 11.8 Å². The highest BCUT2D eigenvalue weighted by atomic mass is 32.2. The Labute approximate surface area is 153 Å². The van der Waals surface area contributed by atoms with Gasteiger partial charge in [-0.3, -0.25) is 0 Å². The molecule has 26 heavy (non-hydrogen) atoms. The molecule has 2 aromatic carbocycles. The highest BCUT2D eigenvalue weighted by molar-refractivity contribution is 7.99. The number of hydrogen-bond acceptors (Lipinski definition) is 6. The van der Waals surface area contributed by atoms with Gasteiger partial charge >= 0.3 is 0 Å². The Morgan fingerprint density at radius 2 is 1.77 bits per heavy atom. The summed E-state index contributed by atoms with van der Waals surface area (Å²) in [5, 5.41) is 4.38. The minimum absolute atomic E-state index is 0.125. The third-order valence-corrected chi connectivity index (χ3v) is 4.66. The van der Waals surface area contributed by atoms with E-state index in [2.05, 4.69) is 15.1 Å². The van der Waals surface area contributed by atoms with Gasteiger partial charge < -0.3 is 8.94 Å². The Kier molecular flexibility index (Phi) is 4.53. The summed E-state index contributed by atoms with van der Waals surface area (Å²) in [4.78, 5) is 8.70. The molecule has 1 unspecified atom stereocenters. The zero-order valence-corrected chi connectivity index (χ0v) is 14.6. The zero-order valence-electron chi connectivity index (χ0n) is 13.8. The molecule has 7 heteroatoms. The Morgan fingerprint density at radius 3 is 2.54 bits per heavy atom. The second kappa shape index (κ2) is 7.13. The van der Waals surface area contributed by atoms with E-state index in [1.807, 2.05) is 37.3 Å². The number of thioether (sulfide) groups is 1. The maximum atomic E-state index is 13.0. The van der Waals surface area contributed by atoms with Gasteiger partial charge in [-0.2, -0.15) is 4.98 Å². The van der Waals surface area contributed by atoms with Crippen LogP contribution in [0.15, 0.2) is 75.0 Å². The molecule has 0 aliphatic rings. The largest absolute Gasteiger partial charge is 0.431 e. The second-order valence-corrected chi connectivity index (χ2v) is 6.87. The average molecular weight is 367 g/mol. The normalized spacial score (nSPS) is 12.2. The second-order valence-electron chi connectivity index (χ2n) is 5.58. The standard InChI is InChI=1S/C19H14FN3O2S/c1-12(18-22-17(23-25-18)14-5-3-2-4-6-14)26-19-21-11-16(24-19)13-7-9-15(20)10-8-13/h2-12H,1H3. The molecule has 0 amide bonds. The first-order valence-corrected chi connectivity index (χ1v) is 8.84. The van der Waals surface area contributed by atoms with Gasteiger partial charge in [-0.1, -0.05) is 47.3 Å². The number of nitrogens with zero attached hydrogens (tertiary/aromatic N) is 3. The van der Waals surface area contributed by atoms with Gasteiger partial charge in [0, 0.05) is 11.1 Å². The molecule has 0 saturated carbocycles. The third-order valence-electron chi connectivity index (χ3n) is 3.71. The molecule has 2 heterocycles. The molecule has 1 atom stereocenters. The fourth-order valence-corrected chi connectivity index (χ4v) is 3.12. The van der Waals surface area contributed by atoms with E-state index < -0.39 is 0 Å². The summed E-state index contributed by atoms with van der Waals surface area (Å²) in [5.74, 6) is 1.33. The van der Waals surface area contributed by atoms with Crippen molar-refractivity contribution in [1.29, 1.82) is 0 Å². The molecule has 130 valence electrons. The monoisotopic (exact) mass is 367 g/mol. The lowest BCUT2D eigenvalue weighted by Crippen LogP contribution is -1.89. The van der Waals surface area contributed by atoms with Crippen molar-refractivity contribution in [2.24, 2.45) is 0 Å². The molecule has 0 fully saturated rings. The van der Waals surface area contributed by atoms with Crippen LogP contribution in [0.5, 0.6) is 0 Å². The lowest BCUT2D eigenvalue weighted by Gasteiger charge is -2.01. The van der Waals surface area contributed by atoms with Crippen molar-refractivity contribution in [3.63, 3.8) is 0 Å². The molecule has 0 bridgehead atoms. The van der Waals surface area contributed by atoms with E-state index >= 15 is 0 Å². The molecule has 4 aromatic rings. The van der Waals surface area contributed by atoms with Crippen molar-refractivity contribution in [2.45, 2.75) is 17.4 Å². The van der Waals surface area contributed by atoms with E-state index in [4.69, 9.17) is 8.94 Å². The van der Waals surface area contributed by atoms with Gasteiger partial charge in [-0.05, 0) is 31.2 Å². The van der Waals surface area contributed by atoms with Crippen LogP contribution >= 0.6 is 11.8 Å². The van der Waals surface area contributed by atoms with Crippen molar-refractivity contribution < 1.29 is 13.3 Å². The van der Waals surface area contributed by atoms with E-state index in [0.29, 0.717) is 22.7 Å². The number of hydrogen-bond donors (Lipinski definition) is 0. The van der Waals surface area contributed by atoms with E-state index in [1.165, 1.54) is 23.9 Å². The van der Waals surface area contributed by atoms with Crippen molar-refractivity contribution in [3.8, 4) is 22.7 Å². The van der Waals surface area contributed by atoms with Crippen LogP contribution in [-0.2, 0) is 0 Å². The Bertz CT molecular complexity index is 999. The summed E-state index contributed by atoms with van der Waals surface area (Å²) < 4.78 is 24.1. The van der Waals surface area contributed by atoms with E-state index in [0.717, 1.165) is 11.1 Å². The molecular weight excluding hydrogens is 353 g/mol. The van der Waals surface area contributed by atoms with Gasteiger partial charge in [0.15, 0.2) is 5.76 Å². The maximum Gasteiger partial charge on any atom is 0.256 e. The summed E-state index contributed by atoms with van der Waals surface area (Å²) in [6.45, 7) is 1.94. The minimum atomic E-state index is -0.290. The molecule has 0 aliphatic heterocycles. The van der Waals surface area contributed by atoms with Crippen LogP contribution < -0.4 is 0 Å². The van der Waals surface area contributed by atoms with Crippen LogP contribution in [0.25, 0.3) is 22.7 Å². The maximum absolute atomic E-state index is 13.0. The summed E-state index contributed by atoms with van der Waals surface area (Å²) in [6.07, 6.45) is 1.62. The fourth-order valence-electron chi connectivity index (χ4n) is 2.37. The fraction of sp³-hybridized carbons (Fsp3) is 0.105. The molecule has 5 nitrogen and oxygen atoms in total. The van der Waals surface area contributed by atoms with Gasteiger partial charge in [0.1, 0.15) is 5.82 Å². The van der Waals surface area contributed by atoms with Crippen molar-refractivity contribution in [3.05, 3.63) is 72.5 Å².